The van der Waals surface area contributed by atoms with E-state index < -0.39 is 30.4 Å². The molecule has 2 aromatic rings. The Bertz CT molecular complexity index is 777. The first-order chi connectivity index (χ1) is 15.1. The van der Waals surface area contributed by atoms with Gasteiger partial charge in [0.15, 0.2) is 12.2 Å². The van der Waals surface area contributed by atoms with Crippen molar-refractivity contribution in [3.8, 4) is 0 Å². The van der Waals surface area contributed by atoms with Crippen LogP contribution in [0, 0.1) is 0 Å². The molecular weight excluding hydrogens is 396 g/mol. The Balaban J connectivity index is 2.19. The summed E-state index contributed by atoms with van der Waals surface area (Å²) in [6.45, 7) is 4.17. The van der Waals surface area contributed by atoms with Crippen molar-refractivity contribution >= 4 is 5.97 Å². The van der Waals surface area contributed by atoms with Crippen molar-refractivity contribution in [2.24, 2.45) is 0 Å². The molecule has 6 nitrogen and oxygen atoms in total. The van der Waals surface area contributed by atoms with Gasteiger partial charge in [-0.3, -0.25) is 0 Å². The molecule has 4 atom stereocenters. The van der Waals surface area contributed by atoms with Crippen LogP contribution in [-0.2, 0) is 35.1 Å². The van der Waals surface area contributed by atoms with Crippen molar-refractivity contribution in [3.05, 3.63) is 83.9 Å². The SMILES string of the molecule is C/C=C/[C@@H](OCOC)[C@H](OC(=O)[C@H](OC)c1ccccc1)[C@H](C)OCc1ccccc1. The predicted octanol–water partition coefficient (Wildman–Crippen LogP) is 4.46. The number of allylic oxidation sites excluding steroid dienone is 1. The van der Waals surface area contributed by atoms with Gasteiger partial charge in [-0.25, -0.2) is 4.79 Å². The van der Waals surface area contributed by atoms with Gasteiger partial charge in [0.2, 0.25) is 0 Å². The van der Waals surface area contributed by atoms with Gasteiger partial charge in [-0.2, -0.15) is 0 Å². The summed E-state index contributed by atoms with van der Waals surface area (Å²) in [5.41, 5.74) is 1.74. The molecule has 0 N–H and O–H groups in total. The van der Waals surface area contributed by atoms with Gasteiger partial charge < -0.3 is 23.7 Å². The summed E-state index contributed by atoms with van der Waals surface area (Å²) in [6.07, 6.45) is 1.12. The summed E-state index contributed by atoms with van der Waals surface area (Å²) in [5.74, 6) is -0.510. The second kappa shape index (κ2) is 13.7. The summed E-state index contributed by atoms with van der Waals surface area (Å²) in [7, 11) is 3.02. The summed E-state index contributed by atoms with van der Waals surface area (Å²) in [6, 6.07) is 19.0. The third-order valence-electron chi connectivity index (χ3n) is 4.71. The standard InChI is InChI=1S/C25H32O6/c1-5-12-22(30-18-27-3)23(19(2)29-17-20-13-8-6-9-14-20)31-25(26)24(28-4)21-15-10-7-11-16-21/h5-16,19,22-24H,17-18H2,1-4H3/b12-5+/t19-,22+,23+,24+/m0/s1. The number of carbonyl (C=O) groups is 1. The average Bonchev–Trinajstić information content (AvgIpc) is 2.80. The molecule has 0 amide bonds. The van der Waals surface area contributed by atoms with E-state index in [-0.39, 0.29) is 6.79 Å². The van der Waals surface area contributed by atoms with E-state index in [9.17, 15) is 4.79 Å². The molecule has 0 spiro atoms. The lowest BCUT2D eigenvalue weighted by Crippen LogP contribution is -2.43. The van der Waals surface area contributed by atoms with E-state index in [1.165, 1.54) is 7.11 Å². The summed E-state index contributed by atoms with van der Waals surface area (Å²) < 4.78 is 28.2. The van der Waals surface area contributed by atoms with Crippen molar-refractivity contribution in [3.63, 3.8) is 0 Å². The maximum atomic E-state index is 13.0. The Morgan fingerprint density at radius 1 is 0.968 bits per heavy atom. The number of carbonyl (C=O) groups excluding carboxylic acids is 1. The maximum absolute atomic E-state index is 13.0. The van der Waals surface area contributed by atoms with Crippen LogP contribution in [0.4, 0.5) is 0 Å². The molecule has 0 aliphatic carbocycles. The van der Waals surface area contributed by atoms with Gasteiger partial charge in [0.1, 0.15) is 12.9 Å². The first-order valence-electron chi connectivity index (χ1n) is 10.3. The van der Waals surface area contributed by atoms with Gasteiger partial charge in [-0.05, 0) is 25.0 Å². The highest BCUT2D eigenvalue weighted by Gasteiger charge is 2.33. The van der Waals surface area contributed by atoms with Crippen molar-refractivity contribution in [2.45, 2.75) is 44.9 Å². The van der Waals surface area contributed by atoms with E-state index in [0.29, 0.717) is 12.2 Å². The molecule has 0 aliphatic rings. The zero-order chi connectivity index (χ0) is 22.5. The molecule has 0 saturated carbocycles. The molecule has 2 rings (SSSR count). The minimum Gasteiger partial charge on any atom is -0.454 e. The highest BCUT2D eigenvalue weighted by Crippen LogP contribution is 2.22. The lowest BCUT2D eigenvalue weighted by molar-refractivity contribution is -0.186. The molecule has 0 bridgehead atoms. The Morgan fingerprint density at radius 2 is 1.61 bits per heavy atom. The smallest absolute Gasteiger partial charge is 0.340 e. The topological polar surface area (TPSA) is 63.2 Å². The second-order valence-electron chi connectivity index (χ2n) is 6.99. The number of hydrogen-bond acceptors (Lipinski definition) is 6. The molecule has 0 saturated heterocycles. The molecule has 0 unspecified atom stereocenters. The molecule has 168 valence electrons. The number of methoxy groups -OCH3 is 2. The summed E-state index contributed by atoms with van der Waals surface area (Å²) >= 11 is 0. The maximum Gasteiger partial charge on any atom is 0.340 e. The molecule has 2 aromatic carbocycles. The lowest BCUT2D eigenvalue weighted by Gasteiger charge is -2.31. The van der Waals surface area contributed by atoms with E-state index >= 15 is 0 Å². The molecule has 31 heavy (non-hydrogen) atoms. The number of ether oxygens (including phenoxy) is 5. The van der Waals surface area contributed by atoms with Crippen LogP contribution in [0.5, 0.6) is 0 Å². The van der Waals surface area contributed by atoms with Crippen LogP contribution in [0.1, 0.15) is 31.1 Å². The second-order valence-corrected chi connectivity index (χ2v) is 6.99. The van der Waals surface area contributed by atoms with Crippen molar-refractivity contribution in [2.75, 3.05) is 21.0 Å². The fraction of sp³-hybridized carbons (Fsp3) is 0.400. The molecule has 0 heterocycles. The Kier molecular flexibility index (Phi) is 11.0. The van der Waals surface area contributed by atoms with Crippen LogP contribution in [0.25, 0.3) is 0 Å². The van der Waals surface area contributed by atoms with Crippen LogP contribution < -0.4 is 0 Å². The van der Waals surface area contributed by atoms with Crippen molar-refractivity contribution in [1.29, 1.82) is 0 Å². The fourth-order valence-electron chi connectivity index (χ4n) is 3.12. The minimum absolute atomic E-state index is 0.0564. The van der Waals surface area contributed by atoms with Gasteiger partial charge in [-0.1, -0.05) is 72.8 Å². The number of esters is 1. The van der Waals surface area contributed by atoms with Crippen LogP contribution in [0.15, 0.2) is 72.8 Å². The van der Waals surface area contributed by atoms with E-state index in [0.717, 1.165) is 5.56 Å². The molecule has 0 aromatic heterocycles. The third kappa shape index (κ3) is 7.92. The summed E-state index contributed by atoms with van der Waals surface area (Å²) in [4.78, 5) is 13.0. The molecule has 0 radical (unpaired) electrons. The average molecular weight is 429 g/mol. The quantitative estimate of drug-likeness (QED) is 0.267. The molecule has 0 aliphatic heterocycles. The number of rotatable bonds is 13. The number of hydrogen-bond donors (Lipinski definition) is 0. The Labute approximate surface area is 184 Å². The Morgan fingerprint density at radius 3 is 2.19 bits per heavy atom. The number of benzene rings is 2. The highest BCUT2D eigenvalue weighted by molar-refractivity contribution is 5.76. The fourth-order valence-corrected chi connectivity index (χ4v) is 3.12. The normalized spacial score (nSPS) is 15.4. The predicted molar refractivity (Wildman–Crippen MR) is 118 cm³/mol. The third-order valence-corrected chi connectivity index (χ3v) is 4.71. The first kappa shape index (κ1) is 24.8. The van der Waals surface area contributed by atoms with Crippen LogP contribution in [-0.4, -0.2) is 45.3 Å². The van der Waals surface area contributed by atoms with E-state index in [1.807, 2.05) is 86.7 Å². The van der Waals surface area contributed by atoms with Gasteiger partial charge in [0.05, 0.1) is 12.7 Å². The molecular formula is C25H32O6. The van der Waals surface area contributed by atoms with Gasteiger partial charge in [0, 0.05) is 14.2 Å². The van der Waals surface area contributed by atoms with Crippen LogP contribution in [0.2, 0.25) is 0 Å². The van der Waals surface area contributed by atoms with Crippen LogP contribution >= 0.6 is 0 Å². The Hall–Kier alpha value is -2.51. The van der Waals surface area contributed by atoms with Gasteiger partial charge >= 0.3 is 5.97 Å². The highest BCUT2D eigenvalue weighted by atomic mass is 16.7. The molecule has 6 heteroatoms. The van der Waals surface area contributed by atoms with Crippen molar-refractivity contribution < 1.29 is 28.5 Å². The van der Waals surface area contributed by atoms with Gasteiger partial charge in [-0.15, -0.1) is 0 Å². The van der Waals surface area contributed by atoms with Gasteiger partial charge in [0.25, 0.3) is 0 Å². The van der Waals surface area contributed by atoms with E-state index in [4.69, 9.17) is 23.7 Å². The van der Waals surface area contributed by atoms with Crippen molar-refractivity contribution in [1.82, 2.24) is 0 Å². The lowest BCUT2D eigenvalue weighted by atomic mass is 10.1. The first-order valence-corrected chi connectivity index (χ1v) is 10.3. The summed E-state index contributed by atoms with van der Waals surface area (Å²) in [5, 5.41) is 0. The molecule has 0 fully saturated rings. The largest absolute Gasteiger partial charge is 0.454 e. The van der Waals surface area contributed by atoms with Crippen LogP contribution in [0.3, 0.4) is 0 Å². The monoisotopic (exact) mass is 428 g/mol. The van der Waals surface area contributed by atoms with E-state index in [1.54, 1.807) is 7.11 Å². The zero-order valence-corrected chi connectivity index (χ0v) is 18.6. The zero-order valence-electron chi connectivity index (χ0n) is 18.6. The minimum atomic E-state index is -0.848. The van der Waals surface area contributed by atoms with E-state index in [2.05, 4.69) is 0 Å².